The van der Waals surface area contributed by atoms with Crippen molar-refractivity contribution in [1.82, 2.24) is 0 Å². The first kappa shape index (κ1) is 16.1. The van der Waals surface area contributed by atoms with Gasteiger partial charge in [0.15, 0.2) is 6.29 Å². The van der Waals surface area contributed by atoms with Crippen LogP contribution in [0.1, 0.15) is 12.5 Å². The third kappa shape index (κ3) is 3.87. The molecule has 2 rings (SSSR count). The molecule has 21 heavy (non-hydrogen) atoms. The van der Waals surface area contributed by atoms with E-state index < -0.39 is 6.29 Å². The monoisotopic (exact) mass is 313 g/mol. The van der Waals surface area contributed by atoms with Crippen LogP contribution in [0.4, 0.5) is 5.69 Å². The molecule has 0 atom stereocenters. The van der Waals surface area contributed by atoms with Crippen LogP contribution >= 0.6 is 11.6 Å². The Labute approximate surface area is 129 Å². The summed E-state index contributed by atoms with van der Waals surface area (Å²) in [7, 11) is 0. The van der Waals surface area contributed by atoms with Gasteiger partial charge in [0, 0.05) is 0 Å². The third-order valence-electron chi connectivity index (χ3n) is 3.21. The number of nitrogens with zero attached hydrogens (tertiary/aromatic N) is 1. The Bertz CT molecular complexity index is 489. The second-order valence-electron chi connectivity index (χ2n) is 4.66. The average molecular weight is 314 g/mol. The van der Waals surface area contributed by atoms with Gasteiger partial charge in [-0.1, -0.05) is 12.1 Å². The lowest BCUT2D eigenvalue weighted by molar-refractivity contribution is -0.117. The van der Waals surface area contributed by atoms with Crippen molar-refractivity contribution in [3.8, 4) is 5.75 Å². The molecule has 1 aromatic rings. The van der Waals surface area contributed by atoms with Crippen LogP contribution in [0.3, 0.4) is 0 Å². The lowest BCUT2D eigenvalue weighted by atomic mass is 10.1. The van der Waals surface area contributed by atoms with E-state index in [1.165, 1.54) is 0 Å². The number of anilines is 1. The van der Waals surface area contributed by atoms with E-state index in [9.17, 15) is 4.79 Å². The van der Waals surface area contributed by atoms with Crippen molar-refractivity contribution >= 4 is 23.2 Å². The fourth-order valence-corrected chi connectivity index (χ4v) is 2.45. The number of halogens is 1. The summed E-state index contributed by atoms with van der Waals surface area (Å²) in [6.07, 6.45) is -0.425. The highest BCUT2D eigenvalue weighted by atomic mass is 35.5. The summed E-state index contributed by atoms with van der Waals surface area (Å²) in [6.45, 7) is 5.75. The second-order valence-corrected chi connectivity index (χ2v) is 4.93. The predicted molar refractivity (Wildman–Crippen MR) is 81.1 cm³/mol. The van der Waals surface area contributed by atoms with E-state index in [-0.39, 0.29) is 11.8 Å². The topological polar surface area (TPSA) is 48.0 Å². The smallest absolute Gasteiger partial charge is 0.242 e. The number of carbonyl (C=O) groups is 1. The maximum atomic E-state index is 12.2. The van der Waals surface area contributed by atoms with E-state index in [0.717, 1.165) is 11.3 Å². The van der Waals surface area contributed by atoms with Crippen LogP contribution in [0.2, 0.25) is 0 Å². The molecule has 1 aliphatic rings. The highest BCUT2D eigenvalue weighted by molar-refractivity contribution is 6.29. The molecule has 0 radical (unpaired) electrons. The Morgan fingerprint density at radius 1 is 1.43 bits per heavy atom. The normalized spacial score (nSPS) is 15.2. The molecule has 0 bridgehead atoms. The Balaban J connectivity index is 2.32. The van der Waals surface area contributed by atoms with Crippen LogP contribution in [0, 0.1) is 6.92 Å². The van der Waals surface area contributed by atoms with Crippen LogP contribution in [-0.4, -0.2) is 44.4 Å². The van der Waals surface area contributed by atoms with E-state index >= 15 is 0 Å². The molecule has 6 heteroatoms. The van der Waals surface area contributed by atoms with Crippen molar-refractivity contribution in [3.05, 3.63) is 23.8 Å². The van der Waals surface area contributed by atoms with Gasteiger partial charge in [-0.2, -0.15) is 0 Å². The molecule has 0 unspecified atom stereocenters. The van der Waals surface area contributed by atoms with Gasteiger partial charge in [0.1, 0.15) is 11.6 Å². The van der Waals surface area contributed by atoms with Crippen LogP contribution in [0.5, 0.6) is 5.75 Å². The van der Waals surface area contributed by atoms with Crippen LogP contribution in [0.25, 0.3) is 0 Å². The summed E-state index contributed by atoms with van der Waals surface area (Å²) in [5.41, 5.74) is 1.67. The molecule has 1 saturated heterocycles. The van der Waals surface area contributed by atoms with E-state index in [4.69, 9.17) is 25.8 Å². The number of hydrogen-bond donors (Lipinski definition) is 0. The maximum Gasteiger partial charge on any atom is 0.242 e. The highest BCUT2D eigenvalue weighted by Gasteiger charge is 2.27. The van der Waals surface area contributed by atoms with Gasteiger partial charge in [0.2, 0.25) is 5.91 Å². The molecule has 1 aliphatic heterocycles. The van der Waals surface area contributed by atoms with Gasteiger partial charge in [0.25, 0.3) is 0 Å². The number of benzene rings is 1. The zero-order chi connectivity index (χ0) is 15.2. The van der Waals surface area contributed by atoms with Crippen LogP contribution in [0.15, 0.2) is 18.2 Å². The minimum absolute atomic E-state index is 0.105. The molecule has 0 saturated carbocycles. The fourth-order valence-electron chi connectivity index (χ4n) is 2.30. The molecule has 0 aliphatic carbocycles. The standard InChI is InChI=1S/C15H20ClNO4/c1-3-19-12-6-4-5-11(2)15(12)17(13(18)9-16)10-14-20-7-8-21-14/h4-6,14H,3,7-10H2,1-2H3. The number of aryl methyl sites for hydroxylation is 1. The van der Waals surface area contributed by atoms with Crippen molar-refractivity contribution in [2.45, 2.75) is 20.1 Å². The van der Waals surface area contributed by atoms with Gasteiger partial charge < -0.3 is 19.1 Å². The maximum absolute atomic E-state index is 12.2. The van der Waals surface area contributed by atoms with E-state index in [1.54, 1.807) is 4.90 Å². The summed E-state index contributed by atoms with van der Waals surface area (Å²) in [5, 5.41) is 0. The predicted octanol–water partition coefficient (Wildman–Crippen LogP) is 2.34. The van der Waals surface area contributed by atoms with Crippen LogP contribution < -0.4 is 9.64 Å². The molecule has 1 aromatic carbocycles. The lowest BCUT2D eigenvalue weighted by Gasteiger charge is -2.27. The molecule has 0 aromatic heterocycles. The lowest BCUT2D eigenvalue weighted by Crippen LogP contribution is -2.39. The van der Waals surface area contributed by atoms with E-state index in [1.807, 2.05) is 32.0 Å². The Morgan fingerprint density at radius 2 is 2.14 bits per heavy atom. The van der Waals surface area contributed by atoms with E-state index in [0.29, 0.717) is 32.1 Å². The Kier molecular flexibility index (Phi) is 5.85. The van der Waals surface area contributed by atoms with Crippen molar-refractivity contribution < 1.29 is 19.0 Å². The van der Waals surface area contributed by atoms with Gasteiger partial charge >= 0.3 is 0 Å². The summed E-state index contributed by atoms with van der Waals surface area (Å²) < 4.78 is 16.5. The summed E-state index contributed by atoms with van der Waals surface area (Å²) in [6, 6.07) is 5.68. The molecule has 1 fully saturated rings. The van der Waals surface area contributed by atoms with Gasteiger partial charge in [-0.05, 0) is 25.5 Å². The molecular weight excluding hydrogens is 294 g/mol. The van der Waals surface area contributed by atoms with Crippen molar-refractivity contribution in [2.75, 3.05) is 37.1 Å². The zero-order valence-electron chi connectivity index (χ0n) is 12.3. The van der Waals surface area contributed by atoms with Crippen molar-refractivity contribution in [3.63, 3.8) is 0 Å². The Morgan fingerprint density at radius 3 is 2.76 bits per heavy atom. The summed E-state index contributed by atoms with van der Waals surface area (Å²) in [4.78, 5) is 13.8. The van der Waals surface area contributed by atoms with Crippen molar-refractivity contribution in [1.29, 1.82) is 0 Å². The summed E-state index contributed by atoms with van der Waals surface area (Å²) >= 11 is 5.75. The third-order valence-corrected chi connectivity index (χ3v) is 3.44. The number of ether oxygens (including phenoxy) is 3. The Hall–Kier alpha value is -1.30. The number of para-hydroxylation sites is 1. The quantitative estimate of drug-likeness (QED) is 0.756. The number of hydrogen-bond acceptors (Lipinski definition) is 4. The minimum atomic E-state index is -0.425. The largest absolute Gasteiger partial charge is 0.492 e. The SMILES string of the molecule is CCOc1cccc(C)c1N(CC1OCCO1)C(=O)CCl. The number of rotatable bonds is 6. The fraction of sp³-hybridized carbons (Fsp3) is 0.533. The molecule has 116 valence electrons. The van der Waals surface area contributed by atoms with Crippen molar-refractivity contribution in [2.24, 2.45) is 0 Å². The second kappa shape index (κ2) is 7.64. The molecule has 0 spiro atoms. The first-order valence-corrected chi connectivity index (χ1v) is 7.52. The summed E-state index contributed by atoms with van der Waals surface area (Å²) in [5.74, 6) is 0.354. The first-order valence-electron chi connectivity index (χ1n) is 6.99. The molecule has 5 nitrogen and oxygen atoms in total. The van der Waals surface area contributed by atoms with E-state index in [2.05, 4.69) is 0 Å². The number of alkyl halides is 1. The number of carbonyl (C=O) groups excluding carboxylic acids is 1. The van der Waals surface area contributed by atoms with Gasteiger partial charge in [0.05, 0.1) is 32.1 Å². The average Bonchev–Trinajstić information content (AvgIpc) is 2.98. The number of amides is 1. The molecule has 0 N–H and O–H groups in total. The molecule has 1 amide bonds. The highest BCUT2D eigenvalue weighted by Crippen LogP contribution is 2.33. The molecule has 1 heterocycles. The first-order chi connectivity index (χ1) is 10.2. The van der Waals surface area contributed by atoms with Crippen LogP contribution in [-0.2, 0) is 14.3 Å². The van der Waals surface area contributed by atoms with Gasteiger partial charge in [-0.25, -0.2) is 0 Å². The van der Waals surface area contributed by atoms with Gasteiger partial charge in [-0.15, -0.1) is 11.6 Å². The minimum Gasteiger partial charge on any atom is -0.492 e. The molecular formula is C15H20ClNO4. The zero-order valence-corrected chi connectivity index (χ0v) is 13.1. The van der Waals surface area contributed by atoms with Gasteiger partial charge in [-0.3, -0.25) is 4.79 Å².